The molecule has 1 aromatic heterocycles. The number of thiophene rings is 1. The number of anilines is 1. The molecule has 0 saturated carbocycles. The minimum atomic E-state index is -0.308. The van der Waals surface area contributed by atoms with Crippen LogP contribution in [-0.4, -0.2) is 19.1 Å². The van der Waals surface area contributed by atoms with Gasteiger partial charge >= 0.3 is 0 Å². The van der Waals surface area contributed by atoms with Crippen molar-refractivity contribution in [1.29, 1.82) is 0 Å². The summed E-state index contributed by atoms with van der Waals surface area (Å²) in [5.74, 6) is 0.479. The van der Waals surface area contributed by atoms with E-state index in [9.17, 15) is 4.79 Å². The SMILES string of the molecule is COc1ccc(Cl)cc1NC(=O)[C@H](C)[NH2+][C@@H](c1ccc(C)cc1)c1cccs1. The third-order valence-corrected chi connectivity index (χ3v) is 5.79. The average molecular weight is 416 g/mol. The summed E-state index contributed by atoms with van der Waals surface area (Å²) in [5, 5.41) is 7.63. The van der Waals surface area contributed by atoms with E-state index < -0.39 is 0 Å². The highest BCUT2D eigenvalue weighted by molar-refractivity contribution is 7.10. The van der Waals surface area contributed by atoms with E-state index in [4.69, 9.17) is 16.3 Å². The van der Waals surface area contributed by atoms with Crippen LogP contribution in [0.3, 0.4) is 0 Å². The van der Waals surface area contributed by atoms with E-state index >= 15 is 0 Å². The summed E-state index contributed by atoms with van der Waals surface area (Å²) in [6.45, 7) is 3.98. The number of benzene rings is 2. The van der Waals surface area contributed by atoms with Crippen molar-refractivity contribution < 1.29 is 14.8 Å². The van der Waals surface area contributed by atoms with Crippen molar-refractivity contribution in [2.45, 2.75) is 25.9 Å². The zero-order chi connectivity index (χ0) is 20.1. The molecule has 2 atom stereocenters. The smallest absolute Gasteiger partial charge is 0.282 e. The zero-order valence-electron chi connectivity index (χ0n) is 16.1. The number of nitrogens with two attached hydrogens (primary N) is 1. The highest BCUT2D eigenvalue weighted by Gasteiger charge is 2.26. The normalized spacial score (nSPS) is 13.0. The Morgan fingerprint density at radius 1 is 1.18 bits per heavy atom. The first-order chi connectivity index (χ1) is 13.5. The van der Waals surface area contributed by atoms with Crippen LogP contribution in [0.2, 0.25) is 5.02 Å². The number of hydrogen-bond donors (Lipinski definition) is 2. The molecule has 0 radical (unpaired) electrons. The van der Waals surface area contributed by atoms with Gasteiger partial charge in [-0.2, -0.15) is 0 Å². The lowest BCUT2D eigenvalue weighted by Gasteiger charge is -2.20. The van der Waals surface area contributed by atoms with Gasteiger partial charge in [-0.05, 0) is 43.5 Å². The third kappa shape index (κ3) is 4.93. The number of carbonyl (C=O) groups excluding carboxylic acids is 1. The molecule has 2 aromatic carbocycles. The van der Waals surface area contributed by atoms with Gasteiger partial charge in [-0.15, -0.1) is 11.3 Å². The topological polar surface area (TPSA) is 54.9 Å². The van der Waals surface area contributed by atoms with Crippen molar-refractivity contribution in [3.05, 3.63) is 81.0 Å². The number of ether oxygens (including phenoxy) is 1. The lowest BCUT2D eigenvalue weighted by Crippen LogP contribution is -2.92. The van der Waals surface area contributed by atoms with Crippen molar-refractivity contribution >= 4 is 34.5 Å². The van der Waals surface area contributed by atoms with Crippen LogP contribution in [0.4, 0.5) is 5.69 Å². The van der Waals surface area contributed by atoms with E-state index in [0.29, 0.717) is 16.5 Å². The minimum Gasteiger partial charge on any atom is -0.495 e. The quantitative estimate of drug-likeness (QED) is 0.601. The Labute approximate surface area is 174 Å². The predicted molar refractivity (Wildman–Crippen MR) is 115 cm³/mol. The standard InChI is InChI=1S/C22H23ClN2O2S/c1-14-6-8-16(9-7-14)21(20-5-4-12-28-20)24-15(2)22(26)25-18-13-17(23)10-11-19(18)27-3/h4-13,15,21,24H,1-3H3,(H,25,26)/p+1/t15-,21-/m0/s1. The van der Waals surface area contributed by atoms with Crippen LogP contribution in [0.1, 0.15) is 29.0 Å². The fourth-order valence-corrected chi connectivity index (χ4v) is 4.02. The first kappa shape index (κ1) is 20.4. The van der Waals surface area contributed by atoms with Crippen LogP contribution in [0.25, 0.3) is 0 Å². The molecule has 3 aromatic rings. The van der Waals surface area contributed by atoms with Gasteiger partial charge in [0.25, 0.3) is 5.91 Å². The fraction of sp³-hybridized carbons (Fsp3) is 0.227. The number of hydrogen-bond acceptors (Lipinski definition) is 3. The maximum atomic E-state index is 12.8. The zero-order valence-corrected chi connectivity index (χ0v) is 17.7. The molecule has 0 aliphatic heterocycles. The largest absolute Gasteiger partial charge is 0.495 e. The van der Waals surface area contributed by atoms with Crippen LogP contribution in [-0.2, 0) is 4.79 Å². The van der Waals surface area contributed by atoms with Crippen LogP contribution in [0, 0.1) is 6.92 Å². The molecule has 3 N–H and O–H groups in total. The number of amides is 1. The highest BCUT2D eigenvalue weighted by Crippen LogP contribution is 2.28. The van der Waals surface area contributed by atoms with E-state index in [0.717, 1.165) is 0 Å². The van der Waals surface area contributed by atoms with E-state index in [1.807, 2.05) is 13.0 Å². The Hall–Kier alpha value is -2.34. The number of nitrogens with one attached hydrogen (secondary N) is 1. The molecule has 0 fully saturated rings. The summed E-state index contributed by atoms with van der Waals surface area (Å²) in [5.41, 5.74) is 2.96. The van der Waals surface area contributed by atoms with Gasteiger partial charge in [-0.25, -0.2) is 0 Å². The molecule has 0 saturated heterocycles. The Kier molecular flexibility index (Phi) is 6.73. The number of aryl methyl sites for hydroxylation is 1. The second kappa shape index (κ2) is 9.24. The maximum Gasteiger partial charge on any atom is 0.282 e. The van der Waals surface area contributed by atoms with Gasteiger partial charge in [0.2, 0.25) is 0 Å². The van der Waals surface area contributed by atoms with Crippen molar-refractivity contribution in [1.82, 2.24) is 0 Å². The highest BCUT2D eigenvalue weighted by atomic mass is 35.5. The van der Waals surface area contributed by atoms with Gasteiger partial charge in [0, 0.05) is 10.6 Å². The number of rotatable bonds is 7. The Morgan fingerprint density at radius 2 is 1.93 bits per heavy atom. The molecule has 1 heterocycles. The maximum absolute atomic E-state index is 12.8. The molecule has 6 heteroatoms. The molecule has 0 spiro atoms. The molecular weight excluding hydrogens is 392 g/mol. The Balaban J connectivity index is 1.78. The molecule has 3 rings (SSSR count). The van der Waals surface area contributed by atoms with Gasteiger partial charge in [0.05, 0.1) is 17.7 Å². The summed E-state index contributed by atoms with van der Waals surface area (Å²) in [6.07, 6.45) is 0. The molecule has 0 aliphatic carbocycles. The second-order valence-electron chi connectivity index (χ2n) is 6.72. The molecule has 146 valence electrons. The fourth-order valence-electron chi connectivity index (χ4n) is 3.01. The average Bonchev–Trinajstić information content (AvgIpc) is 3.21. The molecule has 1 amide bonds. The molecular formula is C22H24ClN2O2S+. The lowest BCUT2D eigenvalue weighted by molar-refractivity contribution is -0.703. The number of carbonyl (C=O) groups is 1. The molecule has 0 unspecified atom stereocenters. The van der Waals surface area contributed by atoms with Crippen LogP contribution >= 0.6 is 22.9 Å². The Bertz CT molecular complexity index is 926. The van der Waals surface area contributed by atoms with E-state index in [1.165, 1.54) is 16.0 Å². The van der Waals surface area contributed by atoms with Crippen molar-refractivity contribution in [3.8, 4) is 5.75 Å². The summed E-state index contributed by atoms with van der Waals surface area (Å²) in [4.78, 5) is 14.1. The summed E-state index contributed by atoms with van der Waals surface area (Å²) >= 11 is 7.76. The van der Waals surface area contributed by atoms with Crippen LogP contribution in [0.5, 0.6) is 5.75 Å². The second-order valence-corrected chi connectivity index (χ2v) is 8.13. The molecule has 4 nitrogen and oxygen atoms in total. The van der Waals surface area contributed by atoms with Crippen molar-refractivity contribution in [2.24, 2.45) is 0 Å². The van der Waals surface area contributed by atoms with E-state index in [2.05, 4.69) is 53.3 Å². The van der Waals surface area contributed by atoms with Gasteiger partial charge in [0.15, 0.2) is 6.04 Å². The van der Waals surface area contributed by atoms with Crippen molar-refractivity contribution in [2.75, 3.05) is 12.4 Å². The van der Waals surface area contributed by atoms with Crippen LogP contribution < -0.4 is 15.4 Å². The summed E-state index contributed by atoms with van der Waals surface area (Å²) in [6, 6.07) is 17.5. The summed E-state index contributed by atoms with van der Waals surface area (Å²) in [7, 11) is 1.57. The van der Waals surface area contributed by atoms with E-state index in [1.54, 1.807) is 36.6 Å². The number of halogens is 1. The van der Waals surface area contributed by atoms with Gasteiger partial charge in [-0.3, -0.25) is 4.79 Å². The van der Waals surface area contributed by atoms with Gasteiger partial charge in [-0.1, -0.05) is 47.5 Å². The molecule has 0 bridgehead atoms. The molecule has 0 aliphatic rings. The molecule has 28 heavy (non-hydrogen) atoms. The number of quaternary nitrogens is 1. The predicted octanol–water partition coefficient (Wildman–Crippen LogP) is 4.40. The minimum absolute atomic E-state index is 0.0580. The van der Waals surface area contributed by atoms with Gasteiger partial charge in [0.1, 0.15) is 11.8 Å². The van der Waals surface area contributed by atoms with Crippen molar-refractivity contribution in [3.63, 3.8) is 0 Å². The summed E-state index contributed by atoms with van der Waals surface area (Å²) < 4.78 is 5.32. The monoisotopic (exact) mass is 415 g/mol. The number of methoxy groups -OCH3 is 1. The van der Waals surface area contributed by atoms with Gasteiger partial charge < -0.3 is 15.4 Å². The van der Waals surface area contributed by atoms with E-state index in [-0.39, 0.29) is 18.0 Å². The first-order valence-corrected chi connectivity index (χ1v) is 10.3. The third-order valence-electron chi connectivity index (χ3n) is 4.60. The first-order valence-electron chi connectivity index (χ1n) is 9.07. The lowest BCUT2D eigenvalue weighted by atomic mass is 10.0. The van der Waals surface area contributed by atoms with Crippen LogP contribution in [0.15, 0.2) is 60.0 Å². The Morgan fingerprint density at radius 3 is 2.57 bits per heavy atom.